The number of imidazole rings is 1. The molecule has 0 unspecified atom stereocenters. The van der Waals surface area contributed by atoms with Crippen LogP contribution in [0.2, 0.25) is 0 Å². The summed E-state index contributed by atoms with van der Waals surface area (Å²) in [5.74, 6) is -0.548. The number of hydrogen-bond donors (Lipinski definition) is 5. The van der Waals surface area contributed by atoms with Crippen LogP contribution in [-0.4, -0.2) is 123 Å². The van der Waals surface area contributed by atoms with Gasteiger partial charge in [0.2, 0.25) is 17.7 Å². The Labute approximate surface area is 477 Å². The number of amides is 3. The normalized spacial score (nSPS) is 16.3. The number of nitrogens with one attached hydrogen (secondary N) is 2. The van der Waals surface area contributed by atoms with E-state index in [0.717, 1.165) is 69.0 Å². The molecule has 18 nitrogen and oxygen atoms in total. The van der Waals surface area contributed by atoms with Crippen molar-refractivity contribution in [2.75, 3.05) is 58.5 Å². The molecule has 3 atom stereocenters. The number of likely N-dealkylation sites (tertiary alicyclic amines) is 1. The van der Waals surface area contributed by atoms with E-state index in [9.17, 15) is 24.3 Å². The number of thiazole rings is 1. The molecule has 1 aliphatic carbocycles. The number of rotatable bonds is 26. The summed E-state index contributed by atoms with van der Waals surface area (Å²) >= 11 is 1.58. The second-order valence-electron chi connectivity index (χ2n) is 22.2. The SMILES string of the molecule is Cc1ncsc1-c1ccc(CNC(=O)[C@@H]2C[C@@H](O)CN2C(=O)[C@@H](CC(=O)CCOCCOCCOCCNC(=O)CCc2cccc(-c3ccc4nc(-c5cccnc5N)n(-c5ccc(C6(N)CCC6)cc5)c4n3)c2)C(C)(C)C)cc1. The molecule has 1 aliphatic heterocycles. The fourth-order valence-corrected chi connectivity index (χ4v) is 11.2. The van der Waals surface area contributed by atoms with Gasteiger partial charge in [0.25, 0.3) is 0 Å². The van der Waals surface area contributed by atoms with Gasteiger partial charge < -0.3 is 46.3 Å². The molecule has 0 radical (unpaired) electrons. The first-order valence-electron chi connectivity index (χ1n) is 27.9. The number of nitrogens with two attached hydrogens (primary N) is 2. The summed E-state index contributed by atoms with van der Waals surface area (Å²) in [5.41, 5.74) is 23.7. The largest absolute Gasteiger partial charge is 0.391 e. The lowest BCUT2D eigenvalue weighted by Gasteiger charge is -2.38. The van der Waals surface area contributed by atoms with E-state index >= 15 is 0 Å². The van der Waals surface area contributed by atoms with Crippen molar-refractivity contribution >= 4 is 51.8 Å². The van der Waals surface area contributed by atoms with Crippen LogP contribution in [0.5, 0.6) is 0 Å². The number of hydrogen-bond acceptors (Lipinski definition) is 15. The standard InChI is InChI=1S/C62H74N10O8S/c1-40-55(81-39-68-40)43-14-11-42(12-15-43)37-67-59(76)53-36-48(74)38-71(53)60(77)50(61(2,3)4)35-47(73)23-28-78-30-32-80-33-31-79-29-27-65-54(75)22-13-41-8-5-9-44(34-41)51-20-21-52-58(69-51)72(57(70-52)49-10-6-26-66-56(49)63)46-18-16-45(17-19-46)62(64)24-7-25-62/h5-6,8-12,14-21,26,34,39,48,50,53,74H,7,13,22-25,27-33,35-38,64H2,1-4H3,(H2,63,66)(H,65,75)(H,67,76)/t48-,50-,53+/m1/s1. The number of aryl methyl sites for hydroxylation is 2. The van der Waals surface area contributed by atoms with Crippen molar-refractivity contribution in [2.45, 2.75) is 103 Å². The topological polar surface area (TPSA) is 252 Å². The van der Waals surface area contributed by atoms with Gasteiger partial charge in [-0.2, -0.15) is 0 Å². The Hall–Kier alpha value is -7.26. The fraction of sp³-hybridized carbons (Fsp3) is 0.419. The van der Waals surface area contributed by atoms with Crippen LogP contribution in [0.15, 0.2) is 109 Å². The third kappa shape index (κ3) is 14.6. The molecule has 1 saturated carbocycles. The maximum atomic E-state index is 14.1. The van der Waals surface area contributed by atoms with Gasteiger partial charge in [0.15, 0.2) is 11.5 Å². The summed E-state index contributed by atoms with van der Waals surface area (Å²) in [4.78, 5) is 74.9. The first-order chi connectivity index (χ1) is 39.0. The average molecular weight is 1120 g/mol. The number of benzene rings is 3. The van der Waals surface area contributed by atoms with Gasteiger partial charge in [0.1, 0.15) is 23.2 Å². The van der Waals surface area contributed by atoms with E-state index < -0.39 is 23.5 Å². The van der Waals surface area contributed by atoms with Gasteiger partial charge in [0.05, 0.1) is 73.1 Å². The first-order valence-corrected chi connectivity index (χ1v) is 28.8. The lowest BCUT2D eigenvalue weighted by atomic mass is 9.73. The van der Waals surface area contributed by atoms with Gasteiger partial charge in [-0.05, 0) is 103 Å². The number of pyridine rings is 2. The van der Waals surface area contributed by atoms with Gasteiger partial charge in [-0.1, -0.05) is 75.4 Å². The highest BCUT2D eigenvalue weighted by Gasteiger charge is 2.44. The number of carbonyl (C=O) groups is 4. The van der Waals surface area contributed by atoms with Crippen molar-refractivity contribution in [3.05, 3.63) is 131 Å². The molecule has 3 amide bonds. The Morgan fingerprint density at radius 3 is 2.26 bits per heavy atom. The van der Waals surface area contributed by atoms with E-state index in [1.165, 1.54) is 4.90 Å². The molecule has 2 aliphatic rings. The van der Waals surface area contributed by atoms with Gasteiger partial charge in [-0.15, -0.1) is 11.3 Å². The number of aliphatic hydroxyl groups is 1. The quantitative estimate of drug-likeness (QED) is 0.0324. The minimum Gasteiger partial charge on any atom is -0.391 e. The van der Waals surface area contributed by atoms with Crippen molar-refractivity contribution in [1.29, 1.82) is 0 Å². The molecule has 7 aromatic rings. The summed E-state index contributed by atoms with van der Waals surface area (Å²) in [5, 5.41) is 16.5. The van der Waals surface area contributed by atoms with E-state index in [1.54, 1.807) is 17.5 Å². The number of ether oxygens (including phenoxy) is 3. The highest BCUT2D eigenvalue weighted by atomic mass is 32.1. The molecule has 0 spiro atoms. The number of Topliss-reactive ketones (excluding diaryl/α,β-unsaturated/α-hetero) is 1. The fourth-order valence-electron chi connectivity index (χ4n) is 10.4. The van der Waals surface area contributed by atoms with Crippen LogP contribution in [0.3, 0.4) is 0 Å². The molecular formula is C62H74N10O8S. The summed E-state index contributed by atoms with van der Waals surface area (Å²) < 4.78 is 19.0. The van der Waals surface area contributed by atoms with Crippen molar-refractivity contribution in [1.82, 2.24) is 40.0 Å². The van der Waals surface area contributed by atoms with Gasteiger partial charge in [-0.25, -0.2) is 19.9 Å². The molecule has 0 bridgehead atoms. The molecule has 1 saturated heterocycles. The average Bonchev–Trinajstić information content (AvgIpc) is 4.25. The predicted octanol–water partition coefficient (Wildman–Crippen LogP) is 7.89. The van der Waals surface area contributed by atoms with E-state index in [2.05, 4.69) is 50.9 Å². The highest BCUT2D eigenvalue weighted by molar-refractivity contribution is 7.13. The zero-order valence-corrected chi connectivity index (χ0v) is 47.5. The Morgan fingerprint density at radius 1 is 0.827 bits per heavy atom. The van der Waals surface area contributed by atoms with E-state index in [4.69, 9.17) is 35.6 Å². The lowest BCUT2D eigenvalue weighted by molar-refractivity contribution is -0.146. The molecule has 81 heavy (non-hydrogen) atoms. The summed E-state index contributed by atoms with van der Waals surface area (Å²) in [6, 6.07) is 31.1. The summed E-state index contributed by atoms with van der Waals surface area (Å²) in [6.07, 6.45) is 4.97. The molecule has 3 aromatic carbocycles. The van der Waals surface area contributed by atoms with E-state index in [0.29, 0.717) is 74.2 Å². The van der Waals surface area contributed by atoms with Gasteiger partial charge in [-0.3, -0.25) is 23.7 Å². The first kappa shape index (κ1) is 58.4. The number of β-amino-alcohol motifs (C(OH)–C–C–N with tert-alkyl or cyclic N) is 1. The van der Waals surface area contributed by atoms with Gasteiger partial charge in [0, 0.05) is 74.2 Å². The van der Waals surface area contributed by atoms with Crippen LogP contribution < -0.4 is 22.1 Å². The second kappa shape index (κ2) is 26.6. The molecule has 7 N–H and O–H groups in total. The van der Waals surface area contributed by atoms with Crippen LogP contribution in [0.1, 0.15) is 88.1 Å². The number of nitrogen functional groups attached to an aromatic ring is 1. The van der Waals surface area contributed by atoms with Crippen LogP contribution in [0.4, 0.5) is 5.82 Å². The number of aliphatic hydroxyl groups excluding tert-OH is 1. The van der Waals surface area contributed by atoms with Crippen molar-refractivity contribution in [3.63, 3.8) is 0 Å². The Kier molecular flexibility index (Phi) is 19.1. The molecule has 426 valence electrons. The van der Waals surface area contributed by atoms with Crippen molar-refractivity contribution in [2.24, 2.45) is 17.1 Å². The van der Waals surface area contributed by atoms with Crippen LogP contribution in [0.25, 0.3) is 49.9 Å². The zero-order chi connectivity index (χ0) is 57.1. The molecule has 2 fully saturated rings. The Morgan fingerprint density at radius 2 is 1.57 bits per heavy atom. The molecule has 19 heteroatoms. The number of fused-ring (bicyclic) bond motifs is 1. The number of aromatic nitrogens is 5. The minimum atomic E-state index is -0.846. The number of carbonyl (C=O) groups excluding carboxylic acids is 4. The van der Waals surface area contributed by atoms with Crippen molar-refractivity contribution < 1.29 is 38.5 Å². The minimum absolute atomic E-state index is 0.00864. The maximum absolute atomic E-state index is 14.1. The maximum Gasteiger partial charge on any atom is 0.243 e. The summed E-state index contributed by atoms with van der Waals surface area (Å²) in [6.45, 7) is 10.1. The van der Waals surface area contributed by atoms with Crippen LogP contribution in [-0.2, 0) is 51.9 Å². The Bertz CT molecular complexity index is 3300. The highest BCUT2D eigenvalue weighted by Crippen LogP contribution is 2.40. The third-order valence-corrected chi connectivity index (χ3v) is 16.3. The van der Waals surface area contributed by atoms with Crippen LogP contribution in [0, 0.1) is 18.3 Å². The van der Waals surface area contributed by atoms with E-state index in [-0.39, 0.29) is 74.6 Å². The van der Waals surface area contributed by atoms with Gasteiger partial charge >= 0.3 is 0 Å². The molecule has 4 aromatic heterocycles. The monoisotopic (exact) mass is 1120 g/mol. The molecule has 5 heterocycles. The third-order valence-electron chi connectivity index (χ3n) is 15.3. The zero-order valence-electron chi connectivity index (χ0n) is 46.7. The van der Waals surface area contributed by atoms with E-state index in [1.807, 2.05) is 105 Å². The lowest BCUT2D eigenvalue weighted by Crippen LogP contribution is -2.50. The molecule has 9 rings (SSSR count). The van der Waals surface area contributed by atoms with Crippen molar-refractivity contribution in [3.8, 4) is 38.8 Å². The number of ketones is 1. The van der Waals surface area contributed by atoms with Crippen LogP contribution >= 0.6 is 11.3 Å². The summed E-state index contributed by atoms with van der Waals surface area (Å²) in [7, 11) is 0. The predicted molar refractivity (Wildman–Crippen MR) is 313 cm³/mol. The number of anilines is 1. The number of nitrogens with zero attached hydrogens (tertiary/aromatic N) is 6. The second-order valence-corrected chi connectivity index (χ2v) is 23.0. The Balaban J connectivity index is 0.653. The smallest absolute Gasteiger partial charge is 0.243 e. The molecular weight excluding hydrogens is 1040 g/mol.